The number of hydrogen-bond donors (Lipinski definition) is 1. The van der Waals surface area contributed by atoms with E-state index < -0.39 is 27.7 Å². The van der Waals surface area contributed by atoms with E-state index in [2.05, 4.69) is 33.3 Å². The Morgan fingerprint density at radius 1 is 0.917 bits per heavy atom. The van der Waals surface area contributed by atoms with Gasteiger partial charge < -0.3 is 19.4 Å². The van der Waals surface area contributed by atoms with Crippen LogP contribution in [0.15, 0.2) is 103 Å². The molecule has 48 heavy (non-hydrogen) atoms. The number of nitrogen functional groups attached to an aromatic ring is 1. The molecule has 1 fully saturated rings. The summed E-state index contributed by atoms with van der Waals surface area (Å²) < 4.78 is 17.1. The Kier molecular flexibility index (Phi) is 12.5. The highest BCUT2D eigenvalue weighted by Gasteiger charge is 2.41. The summed E-state index contributed by atoms with van der Waals surface area (Å²) in [6.07, 6.45) is 4.22. The van der Waals surface area contributed by atoms with Gasteiger partial charge in [-0.3, -0.25) is 4.79 Å². The van der Waals surface area contributed by atoms with Crippen molar-refractivity contribution in [2.24, 2.45) is 0 Å². The first-order chi connectivity index (χ1) is 22.8. The highest BCUT2D eigenvalue weighted by Crippen LogP contribution is 2.53. The van der Waals surface area contributed by atoms with Gasteiger partial charge in [0, 0.05) is 16.2 Å². The van der Waals surface area contributed by atoms with Crippen LogP contribution < -0.4 is 14.7 Å². The summed E-state index contributed by atoms with van der Waals surface area (Å²) in [5.74, 6) is 1.97. The van der Waals surface area contributed by atoms with Crippen LogP contribution in [0, 0.1) is 6.92 Å². The highest BCUT2D eigenvalue weighted by molar-refractivity contribution is 8.30. The molecule has 4 aromatic carbocycles. The molecule has 0 spiro atoms. The number of nitrogens with two attached hydrogens (primary N) is 1. The molecule has 4 aromatic rings. The lowest BCUT2D eigenvalue weighted by Crippen LogP contribution is -2.41. The number of methoxy groups -OCH3 is 1. The summed E-state index contributed by atoms with van der Waals surface area (Å²) in [6.45, 7) is 8.78. The molecule has 2 unspecified atom stereocenters. The van der Waals surface area contributed by atoms with E-state index >= 15 is 0 Å². The van der Waals surface area contributed by atoms with Gasteiger partial charge in [-0.25, -0.2) is 9.69 Å². The first kappa shape index (κ1) is 36.8. The Morgan fingerprint density at radius 2 is 1.50 bits per heavy atom. The zero-order valence-corrected chi connectivity index (χ0v) is 30.6. The lowest BCUT2D eigenvalue weighted by molar-refractivity contribution is -0.128. The fourth-order valence-corrected chi connectivity index (χ4v) is 6.70. The van der Waals surface area contributed by atoms with Crippen molar-refractivity contribution in [2.45, 2.75) is 55.9 Å². The van der Waals surface area contributed by atoms with Crippen molar-refractivity contribution in [3.63, 3.8) is 0 Å². The van der Waals surface area contributed by atoms with E-state index in [1.54, 1.807) is 7.11 Å². The Hall–Kier alpha value is -4.08. The molecule has 9 heteroatoms. The second kappa shape index (κ2) is 16.3. The number of benzene rings is 4. The minimum Gasteiger partial charge on any atom is -0.497 e. The van der Waals surface area contributed by atoms with Crippen LogP contribution in [0.3, 0.4) is 0 Å². The van der Waals surface area contributed by atoms with Crippen LogP contribution in [0.25, 0.3) is 0 Å². The van der Waals surface area contributed by atoms with Gasteiger partial charge in [-0.1, -0.05) is 82.6 Å². The molecule has 2 N–H and O–H groups in total. The van der Waals surface area contributed by atoms with Crippen LogP contribution >= 0.6 is 22.1 Å². The monoisotopic (exact) mass is 688 g/mol. The third-order valence-electron chi connectivity index (χ3n) is 8.38. The number of cyclic esters (lactones) is 1. The number of hydrogen-bond acceptors (Lipinski definition) is 7. The molecule has 7 nitrogen and oxygen atoms in total. The van der Waals surface area contributed by atoms with Crippen molar-refractivity contribution in [2.75, 3.05) is 32.0 Å². The number of anilines is 1. The summed E-state index contributed by atoms with van der Waals surface area (Å²) in [7, 11) is 0.318. The number of ether oxygens (including phenoxy) is 2. The van der Waals surface area contributed by atoms with Gasteiger partial charge in [0.2, 0.25) is 5.91 Å². The molecule has 2 amide bonds. The third-order valence-corrected chi connectivity index (χ3v) is 13.2. The van der Waals surface area contributed by atoms with Gasteiger partial charge in [-0.15, -0.1) is 11.8 Å². The van der Waals surface area contributed by atoms with E-state index in [4.69, 9.17) is 19.4 Å². The normalized spacial score (nSPS) is 15.5. The molecular formula is C39H48N2O5S2. The van der Waals surface area contributed by atoms with Crippen molar-refractivity contribution in [3.8, 4) is 11.5 Å². The molecule has 0 saturated carbocycles. The predicted octanol–water partition coefficient (Wildman–Crippen LogP) is 8.99. The Morgan fingerprint density at radius 3 is 2.06 bits per heavy atom. The van der Waals surface area contributed by atoms with E-state index in [1.807, 2.05) is 110 Å². The van der Waals surface area contributed by atoms with E-state index in [9.17, 15) is 9.59 Å². The molecule has 0 radical (unpaired) electrons. The number of carbonyl (C=O) groups excluding carboxylic acids is 2. The zero-order chi connectivity index (χ0) is 34.9. The first-order valence-corrected chi connectivity index (χ1v) is 19.3. The molecule has 1 heterocycles. The Bertz CT molecular complexity index is 1600. The SMILES string of the molecule is COc1ccc(CSC(Cc2ccc(OS(C)(C)C(C)(C)C)cc2)C(=O)N2C(=O)OCC2c2ccccc2)cc1.Cc1ccc(N)cc1. The highest BCUT2D eigenvalue weighted by atomic mass is 32.3. The molecular weight excluding hydrogens is 641 g/mol. The van der Waals surface area contributed by atoms with Gasteiger partial charge in [0.1, 0.15) is 24.1 Å². The third kappa shape index (κ3) is 9.97. The number of nitrogens with zero attached hydrogens (tertiary/aromatic N) is 1. The minimum atomic E-state index is -1.32. The largest absolute Gasteiger partial charge is 0.497 e. The number of rotatable bonds is 10. The standard InChI is InChI=1S/C32H39NO5S2.C7H9N/c1-32(2,3)40(5,6)38-27-18-12-23(13-19-27)20-29(39-22-24-14-16-26(36-4)17-15-24)30(34)33-28(21-37-31(33)35)25-10-8-7-9-11-25;1-6-2-4-7(8)5-3-6/h7-19,28-29H,20-22H2,1-6H3;2-5H,8H2,1H3. The lowest BCUT2D eigenvalue weighted by Gasteiger charge is -2.43. The summed E-state index contributed by atoms with van der Waals surface area (Å²) in [6, 6.07) is 32.7. The van der Waals surface area contributed by atoms with Gasteiger partial charge in [-0.05, 0) is 99.7 Å². The maximum Gasteiger partial charge on any atom is 0.417 e. The molecule has 256 valence electrons. The zero-order valence-electron chi connectivity index (χ0n) is 29.0. The van der Waals surface area contributed by atoms with Gasteiger partial charge >= 0.3 is 6.09 Å². The summed E-state index contributed by atoms with van der Waals surface area (Å²) in [4.78, 5) is 28.1. The van der Waals surface area contributed by atoms with Crippen LogP contribution in [-0.4, -0.2) is 53.1 Å². The Balaban J connectivity index is 0.000000569. The molecule has 0 bridgehead atoms. The molecule has 0 aliphatic carbocycles. The van der Waals surface area contributed by atoms with E-state index in [-0.39, 0.29) is 17.3 Å². The van der Waals surface area contributed by atoms with E-state index in [1.165, 1.54) is 22.2 Å². The summed E-state index contributed by atoms with van der Waals surface area (Å²) in [5.41, 5.74) is 10.5. The second-order valence-corrected chi connectivity index (χ2v) is 18.1. The van der Waals surface area contributed by atoms with Crippen LogP contribution in [-0.2, 0) is 21.7 Å². The average molecular weight is 689 g/mol. The fourth-order valence-electron chi connectivity index (χ4n) is 4.70. The van der Waals surface area contributed by atoms with Crippen LogP contribution in [0.5, 0.6) is 11.5 Å². The Labute approximate surface area is 291 Å². The van der Waals surface area contributed by atoms with Crippen molar-refractivity contribution < 1.29 is 23.2 Å². The molecule has 5 rings (SSSR count). The van der Waals surface area contributed by atoms with Crippen molar-refractivity contribution in [1.82, 2.24) is 4.90 Å². The van der Waals surface area contributed by atoms with Gasteiger partial charge in [0.15, 0.2) is 0 Å². The molecule has 1 aliphatic heterocycles. The van der Waals surface area contributed by atoms with Gasteiger partial charge in [-0.2, -0.15) is 0 Å². The van der Waals surface area contributed by atoms with Crippen LogP contribution in [0.2, 0.25) is 0 Å². The maximum atomic E-state index is 14.0. The quantitative estimate of drug-likeness (QED) is 0.166. The lowest BCUT2D eigenvalue weighted by atomic mass is 10.1. The van der Waals surface area contributed by atoms with Crippen molar-refractivity contribution in [1.29, 1.82) is 0 Å². The summed E-state index contributed by atoms with van der Waals surface area (Å²) >= 11 is 1.53. The predicted molar refractivity (Wildman–Crippen MR) is 201 cm³/mol. The van der Waals surface area contributed by atoms with E-state index in [0.717, 1.165) is 33.9 Å². The van der Waals surface area contributed by atoms with Crippen LogP contribution in [0.1, 0.15) is 49.1 Å². The first-order valence-electron chi connectivity index (χ1n) is 15.9. The van der Waals surface area contributed by atoms with E-state index in [0.29, 0.717) is 12.2 Å². The molecule has 1 saturated heterocycles. The van der Waals surface area contributed by atoms with Gasteiger partial charge in [0.05, 0.1) is 12.4 Å². The van der Waals surface area contributed by atoms with Crippen molar-refractivity contribution >= 4 is 39.8 Å². The average Bonchev–Trinajstić information content (AvgIpc) is 3.46. The minimum absolute atomic E-state index is 0.0426. The topological polar surface area (TPSA) is 91.1 Å². The second-order valence-electron chi connectivity index (χ2n) is 13.0. The number of thioether (sulfide) groups is 1. The van der Waals surface area contributed by atoms with Gasteiger partial charge in [0.25, 0.3) is 0 Å². The smallest absolute Gasteiger partial charge is 0.417 e. The van der Waals surface area contributed by atoms with Crippen LogP contribution in [0.4, 0.5) is 10.5 Å². The number of imide groups is 1. The molecule has 2 atom stereocenters. The number of amides is 2. The fraction of sp³-hybridized carbons (Fsp3) is 0.333. The van der Waals surface area contributed by atoms with Crippen molar-refractivity contribution in [3.05, 3.63) is 125 Å². The maximum absolute atomic E-state index is 14.0. The number of aryl methyl sites for hydroxylation is 1. The summed E-state index contributed by atoms with van der Waals surface area (Å²) in [5, 5.41) is -0.484. The number of carbonyl (C=O) groups is 2. The molecule has 1 aliphatic rings. The molecule has 0 aromatic heterocycles.